The van der Waals surface area contributed by atoms with Crippen molar-refractivity contribution >= 4 is 38.9 Å². The van der Waals surface area contributed by atoms with E-state index in [4.69, 9.17) is 16.3 Å². The minimum Gasteiger partial charge on any atom is -0.490 e. The lowest BCUT2D eigenvalue weighted by Crippen LogP contribution is -2.32. The molecule has 0 unspecified atom stereocenters. The molecule has 2 aromatic carbocycles. The van der Waals surface area contributed by atoms with Crippen LogP contribution in [0.1, 0.15) is 18.4 Å². The van der Waals surface area contributed by atoms with Crippen LogP contribution in [0.3, 0.4) is 0 Å². The molecule has 1 N–H and O–H groups in total. The highest BCUT2D eigenvalue weighted by Gasteiger charge is 2.19. The number of nitrogens with zero attached hydrogens (tertiary/aromatic N) is 1. The Bertz CT molecular complexity index is 959. The van der Waals surface area contributed by atoms with E-state index in [1.54, 1.807) is 48.5 Å². The SMILES string of the molecule is C=CCOc1ccc(NC(=O)CCCN(c2cc(Cl)ccc2C)S(C)(=O)=O)cc1. The van der Waals surface area contributed by atoms with Crippen LogP contribution >= 0.6 is 11.6 Å². The van der Waals surface area contributed by atoms with Crippen molar-refractivity contribution in [2.45, 2.75) is 19.8 Å². The molecule has 0 radical (unpaired) electrons. The number of carbonyl (C=O) groups excluding carboxylic acids is 1. The van der Waals surface area contributed by atoms with Crippen molar-refractivity contribution in [3.63, 3.8) is 0 Å². The third-order valence-electron chi connectivity index (χ3n) is 4.11. The highest BCUT2D eigenvalue weighted by Crippen LogP contribution is 2.26. The topological polar surface area (TPSA) is 75.7 Å². The molecule has 29 heavy (non-hydrogen) atoms. The molecule has 0 aromatic heterocycles. The first kappa shape index (κ1) is 22.8. The molecule has 6 nitrogen and oxygen atoms in total. The maximum atomic E-state index is 12.2. The molecule has 0 fully saturated rings. The molecule has 0 aliphatic rings. The highest BCUT2D eigenvalue weighted by atomic mass is 35.5. The van der Waals surface area contributed by atoms with Gasteiger partial charge in [0.2, 0.25) is 15.9 Å². The average Bonchev–Trinajstić information content (AvgIpc) is 2.66. The van der Waals surface area contributed by atoms with Gasteiger partial charge in [-0.3, -0.25) is 9.10 Å². The standard InChI is InChI=1S/C21H25ClN2O4S/c1-4-14-28-19-11-9-18(10-12-19)23-21(25)6-5-13-24(29(3,26)27)20-15-17(22)8-7-16(20)2/h4,7-12,15H,1,5-6,13-14H2,2-3H3,(H,23,25). The Hall–Kier alpha value is -2.51. The number of aryl methyl sites for hydroxylation is 1. The van der Waals surface area contributed by atoms with Crippen LogP contribution in [-0.4, -0.2) is 33.7 Å². The zero-order valence-electron chi connectivity index (χ0n) is 16.5. The van der Waals surface area contributed by atoms with E-state index in [0.717, 1.165) is 11.8 Å². The van der Waals surface area contributed by atoms with Crippen molar-refractivity contribution in [2.24, 2.45) is 0 Å². The van der Waals surface area contributed by atoms with Crippen LogP contribution in [0, 0.1) is 6.92 Å². The molecule has 0 aliphatic carbocycles. The zero-order valence-corrected chi connectivity index (χ0v) is 18.1. The largest absolute Gasteiger partial charge is 0.490 e. The summed E-state index contributed by atoms with van der Waals surface area (Å²) in [4.78, 5) is 12.2. The number of hydrogen-bond acceptors (Lipinski definition) is 4. The molecular weight excluding hydrogens is 412 g/mol. The molecular formula is C21H25ClN2O4S. The molecule has 0 bridgehead atoms. The van der Waals surface area contributed by atoms with Crippen molar-refractivity contribution in [1.29, 1.82) is 0 Å². The first-order chi connectivity index (χ1) is 13.7. The number of benzene rings is 2. The summed E-state index contributed by atoms with van der Waals surface area (Å²) >= 11 is 6.03. The van der Waals surface area contributed by atoms with Gasteiger partial charge in [0.25, 0.3) is 0 Å². The molecule has 0 heterocycles. The van der Waals surface area contributed by atoms with E-state index in [1.165, 1.54) is 4.31 Å². The van der Waals surface area contributed by atoms with Crippen LogP contribution in [0.2, 0.25) is 5.02 Å². The first-order valence-electron chi connectivity index (χ1n) is 9.08. The Kier molecular flexibility index (Phi) is 8.10. The Balaban J connectivity index is 1.94. The number of nitrogens with one attached hydrogen (secondary N) is 1. The number of ether oxygens (including phenoxy) is 1. The second kappa shape index (κ2) is 10.3. The van der Waals surface area contributed by atoms with Gasteiger partial charge < -0.3 is 10.1 Å². The van der Waals surface area contributed by atoms with E-state index < -0.39 is 10.0 Å². The maximum absolute atomic E-state index is 12.2. The molecule has 156 valence electrons. The lowest BCUT2D eigenvalue weighted by atomic mass is 10.2. The normalized spacial score (nSPS) is 11.0. The molecule has 0 aliphatic heterocycles. The smallest absolute Gasteiger partial charge is 0.232 e. The van der Waals surface area contributed by atoms with Crippen molar-refractivity contribution in [3.8, 4) is 5.75 Å². The number of sulfonamides is 1. The van der Waals surface area contributed by atoms with Crippen LogP contribution in [0.15, 0.2) is 55.1 Å². The number of hydrogen-bond donors (Lipinski definition) is 1. The van der Waals surface area contributed by atoms with E-state index in [9.17, 15) is 13.2 Å². The Morgan fingerprint density at radius 2 is 1.93 bits per heavy atom. The number of anilines is 2. The monoisotopic (exact) mass is 436 g/mol. The second-order valence-corrected chi connectivity index (χ2v) is 8.88. The summed E-state index contributed by atoms with van der Waals surface area (Å²) in [6, 6.07) is 12.1. The quantitative estimate of drug-likeness (QED) is 0.560. The van der Waals surface area contributed by atoms with E-state index in [2.05, 4.69) is 11.9 Å². The van der Waals surface area contributed by atoms with Crippen LogP contribution in [0.5, 0.6) is 5.75 Å². The van der Waals surface area contributed by atoms with Gasteiger partial charge in [-0.1, -0.05) is 30.3 Å². The maximum Gasteiger partial charge on any atom is 0.232 e. The molecule has 2 aromatic rings. The number of amides is 1. The minimum atomic E-state index is -3.50. The third kappa shape index (κ3) is 7.11. The minimum absolute atomic E-state index is 0.181. The van der Waals surface area contributed by atoms with Gasteiger partial charge in [0, 0.05) is 23.7 Å². The van der Waals surface area contributed by atoms with E-state index in [0.29, 0.717) is 35.2 Å². The summed E-state index contributed by atoms with van der Waals surface area (Å²) in [7, 11) is -3.50. The van der Waals surface area contributed by atoms with Gasteiger partial charge >= 0.3 is 0 Å². The van der Waals surface area contributed by atoms with E-state index >= 15 is 0 Å². The second-order valence-electron chi connectivity index (χ2n) is 6.54. The van der Waals surface area contributed by atoms with Gasteiger partial charge in [0.15, 0.2) is 0 Å². The van der Waals surface area contributed by atoms with Gasteiger partial charge in [0.05, 0.1) is 11.9 Å². The summed E-state index contributed by atoms with van der Waals surface area (Å²) in [6.45, 7) is 6.00. The van der Waals surface area contributed by atoms with Gasteiger partial charge in [-0.25, -0.2) is 8.42 Å². The molecule has 0 saturated carbocycles. The molecule has 1 amide bonds. The number of carbonyl (C=O) groups is 1. The Morgan fingerprint density at radius 3 is 2.55 bits per heavy atom. The molecule has 0 saturated heterocycles. The fourth-order valence-corrected chi connectivity index (χ4v) is 3.89. The van der Waals surface area contributed by atoms with Crippen molar-refractivity contribution in [3.05, 3.63) is 65.7 Å². The molecule has 0 spiro atoms. The van der Waals surface area contributed by atoms with Gasteiger partial charge in [-0.15, -0.1) is 0 Å². The first-order valence-corrected chi connectivity index (χ1v) is 11.3. The van der Waals surface area contributed by atoms with Crippen molar-refractivity contribution in [1.82, 2.24) is 0 Å². The molecule has 0 atom stereocenters. The lowest BCUT2D eigenvalue weighted by molar-refractivity contribution is -0.116. The predicted molar refractivity (Wildman–Crippen MR) is 118 cm³/mol. The zero-order chi connectivity index (χ0) is 21.4. The lowest BCUT2D eigenvalue weighted by Gasteiger charge is -2.24. The summed E-state index contributed by atoms with van der Waals surface area (Å²) in [5, 5.41) is 3.25. The van der Waals surface area contributed by atoms with Gasteiger partial charge in [0.1, 0.15) is 12.4 Å². The average molecular weight is 437 g/mol. The Labute approximate surface area is 177 Å². The fourth-order valence-electron chi connectivity index (χ4n) is 2.71. The highest BCUT2D eigenvalue weighted by molar-refractivity contribution is 7.92. The summed E-state index contributed by atoms with van der Waals surface area (Å²) < 4.78 is 31.1. The number of rotatable bonds is 10. The predicted octanol–water partition coefficient (Wildman–Crippen LogP) is 4.40. The molecule has 8 heteroatoms. The van der Waals surface area contributed by atoms with E-state index in [1.807, 2.05) is 6.92 Å². The third-order valence-corrected chi connectivity index (χ3v) is 5.53. The van der Waals surface area contributed by atoms with Crippen LogP contribution < -0.4 is 14.4 Å². The van der Waals surface area contributed by atoms with Crippen molar-refractivity contribution < 1.29 is 17.9 Å². The fraction of sp³-hybridized carbons (Fsp3) is 0.286. The van der Waals surface area contributed by atoms with E-state index in [-0.39, 0.29) is 18.9 Å². The van der Waals surface area contributed by atoms with Crippen LogP contribution in [-0.2, 0) is 14.8 Å². The van der Waals surface area contributed by atoms with Crippen molar-refractivity contribution in [2.75, 3.05) is 29.0 Å². The molecule has 2 rings (SSSR count). The summed E-state index contributed by atoms with van der Waals surface area (Å²) in [5.74, 6) is 0.490. The van der Waals surface area contributed by atoms with Crippen LogP contribution in [0.25, 0.3) is 0 Å². The summed E-state index contributed by atoms with van der Waals surface area (Å²) in [6.07, 6.45) is 3.34. The van der Waals surface area contributed by atoms with Crippen LogP contribution in [0.4, 0.5) is 11.4 Å². The number of halogens is 1. The Morgan fingerprint density at radius 1 is 1.24 bits per heavy atom. The van der Waals surface area contributed by atoms with Gasteiger partial charge in [-0.05, 0) is 55.3 Å². The summed E-state index contributed by atoms with van der Waals surface area (Å²) in [5.41, 5.74) is 1.96. The van der Waals surface area contributed by atoms with Gasteiger partial charge in [-0.2, -0.15) is 0 Å².